The first-order valence-corrected chi connectivity index (χ1v) is 13.6. The summed E-state index contributed by atoms with van der Waals surface area (Å²) in [6.07, 6.45) is 3.27. The SMILES string of the molecule is CC1=C(CO)C(=O)O[C@H]([C@@H](C)[C@H]2CC[C@H]3[C@@H]4C[C@H]5O[C@]56[C@@H](O)[C@@H](O)CC(=O)[C@]6(C)[C@H]4CC[C@]23C)C1. The second-order valence-corrected chi connectivity index (χ2v) is 13.0. The molecule has 0 radical (unpaired) electrons. The van der Waals surface area contributed by atoms with Gasteiger partial charge in [-0.1, -0.05) is 19.4 Å². The van der Waals surface area contributed by atoms with Crippen molar-refractivity contribution in [3.63, 3.8) is 0 Å². The summed E-state index contributed by atoms with van der Waals surface area (Å²) < 4.78 is 12.0. The number of hydrogen-bond donors (Lipinski definition) is 3. The normalized spacial score (nSPS) is 53.8. The van der Waals surface area contributed by atoms with Gasteiger partial charge in [-0.2, -0.15) is 0 Å². The number of carbonyl (C=O) groups excluding carboxylic acids is 2. The highest BCUT2D eigenvalue weighted by Crippen LogP contribution is 2.73. The smallest absolute Gasteiger partial charge is 0.336 e. The van der Waals surface area contributed by atoms with Crippen molar-refractivity contribution < 1.29 is 34.4 Å². The molecule has 2 aliphatic heterocycles. The van der Waals surface area contributed by atoms with Crippen molar-refractivity contribution >= 4 is 11.8 Å². The first kappa shape index (κ1) is 24.1. The molecule has 4 saturated carbocycles. The van der Waals surface area contributed by atoms with Crippen LogP contribution in [0.2, 0.25) is 0 Å². The van der Waals surface area contributed by atoms with Gasteiger partial charge in [-0.25, -0.2) is 4.79 Å². The number of aliphatic hydroxyl groups excluding tert-OH is 3. The molecule has 0 amide bonds. The van der Waals surface area contributed by atoms with Crippen molar-refractivity contribution in [1.29, 1.82) is 0 Å². The van der Waals surface area contributed by atoms with E-state index in [-0.39, 0.29) is 54.2 Å². The first-order chi connectivity index (χ1) is 16.5. The van der Waals surface area contributed by atoms with Crippen LogP contribution in [0.15, 0.2) is 11.1 Å². The van der Waals surface area contributed by atoms with Gasteiger partial charge in [0.2, 0.25) is 0 Å². The van der Waals surface area contributed by atoms with Crippen LogP contribution in [0.5, 0.6) is 0 Å². The van der Waals surface area contributed by atoms with E-state index in [2.05, 4.69) is 13.8 Å². The number of Topliss-reactive ketones (excluding diaryl/α,β-unsaturated/α-hetero) is 1. The standard InChI is InChI=1S/C28H40O7/c1-13-9-21(34-25(33)16(13)12-29)14(2)17-5-6-18-15-10-23-28(35-23)24(32)20(30)11-22(31)27(28,4)19(15)7-8-26(17,18)3/h14-15,17-21,23-24,29-30,32H,5-12H2,1-4H3/t14-,15-,17+,18-,19-,20-,21-,23+,24-,26+,27-,28-/m0/s1. The molecule has 6 rings (SSSR count). The number of carbonyl (C=O) groups is 2. The first-order valence-electron chi connectivity index (χ1n) is 13.6. The van der Waals surface area contributed by atoms with E-state index in [1.165, 1.54) is 0 Å². The fourth-order valence-corrected chi connectivity index (χ4v) is 10.0. The summed E-state index contributed by atoms with van der Waals surface area (Å²) >= 11 is 0. The largest absolute Gasteiger partial charge is 0.458 e. The molecule has 7 heteroatoms. The molecule has 0 unspecified atom stereocenters. The number of epoxide rings is 1. The van der Waals surface area contributed by atoms with Crippen molar-refractivity contribution in [2.45, 2.75) is 103 Å². The molecule has 0 aromatic heterocycles. The van der Waals surface area contributed by atoms with Crippen molar-refractivity contribution in [3.05, 3.63) is 11.1 Å². The molecular formula is C28H40O7. The van der Waals surface area contributed by atoms with Crippen LogP contribution < -0.4 is 0 Å². The molecule has 12 atom stereocenters. The Hall–Kier alpha value is -1.28. The average molecular weight is 489 g/mol. The maximum Gasteiger partial charge on any atom is 0.336 e. The Morgan fingerprint density at radius 3 is 2.51 bits per heavy atom. The second kappa shape index (κ2) is 7.62. The molecular weight excluding hydrogens is 448 g/mol. The average Bonchev–Trinajstić information content (AvgIpc) is 3.44. The highest BCUT2D eigenvalue weighted by atomic mass is 16.6. The highest BCUT2D eigenvalue weighted by Gasteiger charge is 2.82. The van der Waals surface area contributed by atoms with Gasteiger partial charge < -0.3 is 24.8 Å². The highest BCUT2D eigenvalue weighted by molar-refractivity contribution is 5.90. The van der Waals surface area contributed by atoms with Crippen molar-refractivity contribution in [1.82, 2.24) is 0 Å². The molecule has 6 aliphatic rings. The summed E-state index contributed by atoms with van der Waals surface area (Å²) in [5, 5.41) is 30.8. The molecule has 7 nitrogen and oxygen atoms in total. The molecule has 0 aromatic carbocycles. The molecule has 5 fully saturated rings. The van der Waals surface area contributed by atoms with Gasteiger partial charge in [-0.3, -0.25) is 4.79 Å². The van der Waals surface area contributed by atoms with Gasteiger partial charge in [0.25, 0.3) is 0 Å². The molecule has 1 spiro atoms. The minimum absolute atomic E-state index is 0.00997. The van der Waals surface area contributed by atoms with E-state index in [9.17, 15) is 24.9 Å². The molecule has 4 aliphatic carbocycles. The predicted octanol–water partition coefficient (Wildman–Crippen LogP) is 2.55. The zero-order valence-corrected chi connectivity index (χ0v) is 21.3. The molecule has 1 saturated heterocycles. The molecule has 35 heavy (non-hydrogen) atoms. The predicted molar refractivity (Wildman–Crippen MR) is 126 cm³/mol. The Balaban J connectivity index is 1.27. The van der Waals surface area contributed by atoms with E-state index in [0.717, 1.165) is 37.7 Å². The van der Waals surface area contributed by atoms with Crippen LogP contribution >= 0.6 is 0 Å². The van der Waals surface area contributed by atoms with Gasteiger partial charge in [0, 0.05) is 12.8 Å². The summed E-state index contributed by atoms with van der Waals surface area (Å²) in [6, 6.07) is 0. The van der Waals surface area contributed by atoms with Gasteiger partial charge in [-0.15, -0.1) is 0 Å². The third-order valence-corrected chi connectivity index (χ3v) is 12.0. The lowest BCUT2D eigenvalue weighted by atomic mass is 9.43. The van der Waals surface area contributed by atoms with E-state index in [4.69, 9.17) is 9.47 Å². The van der Waals surface area contributed by atoms with Crippen LogP contribution in [-0.2, 0) is 19.1 Å². The minimum atomic E-state index is -1.04. The number of aliphatic hydroxyl groups is 3. The lowest BCUT2D eigenvalue weighted by Crippen LogP contribution is -2.68. The van der Waals surface area contributed by atoms with E-state index < -0.39 is 23.2 Å². The van der Waals surface area contributed by atoms with Crippen molar-refractivity contribution in [2.75, 3.05) is 6.61 Å². The summed E-state index contributed by atoms with van der Waals surface area (Å²) in [7, 11) is 0. The summed E-state index contributed by atoms with van der Waals surface area (Å²) in [4.78, 5) is 25.9. The van der Waals surface area contributed by atoms with Crippen LogP contribution in [0.4, 0.5) is 0 Å². The third-order valence-electron chi connectivity index (χ3n) is 12.0. The van der Waals surface area contributed by atoms with Gasteiger partial charge in [0.05, 0.1) is 29.8 Å². The van der Waals surface area contributed by atoms with E-state index in [1.807, 2.05) is 13.8 Å². The lowest BCUT2D eigenvalue weighted by Gasteiger charge is -2.59. The van der Waals surface area contributed by atoms with Gasteiger partial charge in [0.15, 0.2) is 0 Å². The minimum Gasteiger partial charge on any atom is -0.458 e. The van der Waals surface area contributed by atoms with Gasteiger partial charge in [0.1, 0.15) is 23.6 Å². The number of ketones is 1. The second-order valence-electron chi connectivity index (χ2n) is 13.0. The van der Waals surface area contributed by atoms with E-state index in [0.29, 0.717) is 29.7 Å². The van der Waals surface area contributed by atoms with Crippen LogP contribution in [0, 0.1) is 40.4 Å². The van der Waals surface area contributed by atoms with Gasteiger partial charge in [-0.05, 0) is 81.0 Å². The Bertz CT molecular complexity index is 990. The number of cyclic esters (lactones) is 1. The van der Waals surface area contributed by atoms with Crippen LogP contribution in [-0.4, -0.2) is 63.7 Å². The summed E-state index contributed by atoms with van der Waals surface area (Å²) in [5.74, 6) is 1.29. The van der Waals surface area contributed by atoms with Crippen LogP contribution in [0.1, 0.15) is 72.6 Å². The number of rotatable bonds is 3. The number of esters is 1. The fraction of sp³-hybridized carbons (Fsp3) is 0.857. The Morgan fingerprint density at radius 2 is 1.83 bits per heavy atom. The zero-order valence-electron chi connectivity index (χ0n) is 21.3. The summed E-state index contributed by atoms with van der Waals surface area (Å²) in [6.45, 7) is 8.29. The number of hydrogen-bond acceptors (Lipinski definition) is 7. The van der Waals surface area contributed by atoms with Crippen LogP contribution in [0.25, 0.3) is 0 Å². The molecule has 0 bridgehead atoms. The quantitative estimate of drug-likeness (QED) is 0.413. The number of ether oxygens (including phenoxy) is 2. The summed E-state index contributed by atoms with van der Waals surface area (Å²) in [5.41, 5.74) is -0.221. The lowest BCUT2D eigenvalue weighted by molar-refractivity contribution is -0.180. The van der Waals surface area contributed by atoms with Crippen molar-refractivity contribution in [3.8, 4) is 0 Å². The number of fused-ring (bicyclic) bond motifs is 4. The molecule has 0 aromatic rings. The Labute approximate surface area is 207 Å². The van der Waals surface area contributed by atoms with E-state index >= 15 is 0 Å². The maximum absolute atomic E-state index is 13.4. The topological polar surface area (TPSA) is 117 Å². The van der Waals surface area contributed by atoms with E-state index in [1.54, 1.807) is 0 Å². The van der Waals surface area contributed by atoms with Gasteiger partial charge >= 0.3 is 5.97 Å². The van der Waals surface area contributed by atoms with Crippen LogP contribution in [0.3, 0.4) is 0 Å². The molecule has 3 N–H and O–H groups in total. The molecule has 194 valence electrons. The Kier molecular flexibility index (Phi) is 5.24. The fourth-order valence-electron chi connectivity index (χ4n) is 10.0. The molecule has 2 heterocycles. The van der Waals surface area contributed by atoms with Crippen molar-refractivity contribution in [2.24, 2.45) is 40.4 Å². The Morgan fingerprint density at radius 1 is 1.09 bits per heavy atom. The maximum atomic E-state index is 13.4. The monoisotopic (exact) mass is 488 g/mol. The zero-order chi connectivity index (χ0) is 25.1. The third kappa shape index (κ3) is 2.87.